The van der Waals surface area contributed by atoms with Crippen molar-refractivity contribution in [1.29, 1.82) is 0 Å². The summed E-state index contributed by atoms with van der Waals surface area (Å²) in [6, 6.07) is 6.06. The minimum absolute atomic E-state index is 0.298. The second-order valence-electron chi connectivity index (χ2n) is 6.11. The van der Waals surface area contributed by atoms with E-state index in [-0.39, 0.29) is 0 Å². The van der Waals surface area contributed by atoms with Gasteiger partial charge < -0.3 is 15.5 Å². The molecule has 1 aromatic rings. The van der Waals surface area contributed by atoms with E-state index in [1.165, 1.54) is 13.1 Å². The predicted molar refractivity (Wildman–Crippen MR) is 79.0 cm³/mol. The van der Waals surface area contributed by atoms with Crippen LogP contribution in [0.1, 0.15) is 19.5 Å². The summed E-state index contributed by atoms with van der Waals surface area (Å²) in [6.07, 6.45) is 1.85. The summed E-state index contributed by atoms with van der Waals surface area (Å²) in [6.45, 7) is 12.3. The van der Waals surface area contributed by atoms with Gasteiger partial charge in [-0.15, -0.1) is 0 Å². The summed E-state index contributed by atoms with van der Waals surface area (Å²) in [5, 5.41) is 6.93. The Morgan fingerprint density at radius 1 is 1.32 bits per heavy atom. The minimum atomic E-state index is 0.298. The zero-order valence-electron chi connectivity index (χ0n) is 12.2. The third-order valence-corrected chi connectivity index (χ3v) is 3.50. The first-order valence-corrected chi connectivity index (χ1v) is 7.19. The van der Waals surface area contributed by atoms with Crippen LogP contribution in [0.25, 0.3) is 0 Å². The van der Waals surface area contributed by atoms with Crippen molar-refractivity contribution in [3.8, 4) is 0 Å². The number of nitrogens with zero attached hydrogens (tertiary/aromatic N) is 2. The van der Waals surface area contributed by atoms with Crippen molar-refractivity contribution >= 4 is 0 Å². The molecule has 0 amide bonds. The van der Waals surface area contributed by atoms with E-state index in [4.69, 9.17) is 0 Å². The van der Waals surface area contributed by atoms with Crippen molar-refractivity contribution in [2.75, 3.05) is 39.3 Å². The Balaban J connectivity index is 1.71. The van der Waals surface area contributed by atoms with Crippen LogP contribution < -0.4 is 10.6 Å². The van der Waals surface area contributed by atoms with Gasteiger partial charge in [-0.25, -0.2) is 0 Å². The average molecular weight is 262 g/mol. The highest BCUT2D eigenvalue weighted by Crippen LogP contribution is 2.16. The largest absolute Gasteiger partial charge is 0.314 e. The van der Waals surface area contributed by atoms with Crippen LogP contribution in [0.5, 0.6) is 0 Å². The molecule has 1 aliphatic heterocycles. The van der Waals surface area contributed by atoms with Crippen LogP contribution in [0.2, 0.25) is 0 Å². The van der Waals surface area contributed by atoms with Crippen LogP contribution in [0.15, 0.2) is 24.4 Å². The van der Waals surface area contributed by atoms with Gasteiger partial charge in [0.25, 0.3) is 0 Å². The van der Waals surface area contributed by atoms with E-state index in [1.54, 1.807) is 0 Å². The van der Waals surface area contributed by atoms with E-state index in [9.17, 15) is 0 Å². The monoisotopic (exact) mass is 262 g/mol. The minimum Gasteiger partial charge on any atom is -0.314 e. The Morgan fingerprint density at radius 2 is 2.11 bits per heavy atom. The molecule has 1 aromatic heterocycles. The highest BCUT2D eigenvalue weighted by atomic mass is 15.2. The second-order valence-corrected chi connectivity index (χ2v) is 6.11. The molecule has 1 aliphatic rings. The van der Waals surface area contributed by atoms with Crippen LogP contribution in [0.3, 0.4) is 0 Å². The maximum Gasteiger partial charge on any atom is 0.0541 e. The molecule has 2 rings (SSSR count). The number of piperazine rings is 1. The zero-order valence-corrected chi connectivity index (χ0v) is 12.2. The molecule has 0 saturated carbocycles. The molecule has 1 fully saturated rings. The molecule has 2 N–H and O–H groups in total. The third-order valence-electron chi connectivity index (χ3n) is 3.50. The average Bonchev–Trinajstić information content (AvgIpc) is 2.40. The lowest BCUT2D eigenvalue weighted by atomic mass is 9.92. The molecule has 0 atom stereocenters. The lowest BCUT2D eigenvalue weighted by Gasteiger charge is -2.35. The first kappa shape index (κ1) is 14.4. The number of pyridine rings is 1. The summed E-state index contributed by atoms with van der Waals surface area (Å²) in [5.74, 6) is 0. The van der Waals surface area contributed by atoms with Gasteiger partial charge in [0.2, 0.25) is 0 Å². The van der Waals surface area contributed by atoms with E-state index in [1.807, 2.05) is 18.3 Å². The standard InChI is InChI=1S/C15H26N4/c1-15(2,13-19-9-7-16-8-10-19)12-17-11-14-5-3-4-6-18-14/h3-6,16-17H,7-13H2,1-2H3. The first-order chi connectivity index (χ1) is 9.16. The van der Waals surface area contributed by atoms with E-state index < -0.39 is 0 Å². The van der Waals surface area contributed by atoms with Gasteiger partial charge in [0.05, 0.1) is 5.69 Å². The van der Waals surface area contributed by atoms with Gasteiger partial charge in [0, 0.05) is 52.0 Å². The SMILES string of the molecule is CC(C)(CNCc1ccccn1)CN1CCNCC1. The third kappa shape index (κ3) is 5.27. The molecule has 0 unspecified atom stereocenters. The van der Waals surface area contributed by atoms with Gasteiger partial charge >= 0.3 is 0 Å². The van der Waals surface area contributed by atoms with Crippen molar-refractivity contribution in [3.05, 3.63) is 30.1 Å². The Kier molecular flexibility index (Phi) is 5.31. The molecule has 1 saturated heterocycles. The quantitative estimate of drug-likeness (QED) is 0.805. The van der Waals surface area contributed by atoms with Crippen molar-refractivity contribution in [2.45, 2.75) is 20.4 Å². The molecule has 0 aliphatic carbocycles. The lowest BCUT2D eigenvalue weighted by Crippen LogP contribution is -2.48. The van der Waals surface area contributed by atoms with Gasteiger partial charge in [0.1, 0.15) is 0 Å². The number of nitrogens with one attached hydrogen (secondary N) is 2. The molecule has 0 radical (unpaired) electrons. The van der Waals surface area contributed by atoms with Crippen molar-refractivity contribution < 1.29 is 0 Å². The van der Waals surface area contributed by atoms with Crippen molar-refractivity contribution in [1.82, 2.24) is 20.5 Å². The van der Waals surface area contributed by atoms with E-state index in [2.05, 4.69) is 40.4 Å². The van der Waals surface area contributed by atoms with Crippen LogP contribution in [-0.4, -0.2) is 49.2 Å². The molecule has 106 valence electrons. The van der Waals surface area contributed by atoms with E-state index in [0.717, 1.165) is 38.4 Å². The van der Waals surface area contributed by atoms with Gasteiger partial charge in [-0.1, -0.05) is 19.9 Å². The van der Waals surface area contributed by atoms with E-state index in [0.29, 0.717) is 5.41 Å². The van der Waals surface area contributed by atoms with Crippen LogP contribution in [0, 0.1) is 5.41 Å². The molecular formula is C15H26N4. The number of hydrogen-bond donors (Lipinski definition) is 2. The topological polar surface area (TPSA) is 40.2 Å². The van der Waals surface area contributed by atoms with Crippen molar-refractivity contribution in [3.63, 3.8) is 0 Å². The second kappa shape index (κ2) is 6.98. The zero-order chi connectivity index (χ0) is 13.6. The first-order valence-electron chi connectivity index (χ1n) is 7.19. The van der Waals surface area contributed by atoms with E-state index >= 15 is 0 Å². The molecule has 19 heavy (non-hydrogen) atoms. The molecular weight excluding hydrogens is 236 g/mol. The predicted octanol–water partition coefficient (Wildman–Crippen LogP) is 1.10. The summed E-state index contributed by atoms with van der Waals surface area (Å²) >= 11 is 0. The fourth-order valence-corrected chi connectivity index (χ4v) is 2.56. The summed E-state index contributed by atoms with van der Waals surface area (Å²) in [4.78, 5) is 6.89. The number of hydrogen-bond acceptors (Lipinski definition) is 4. The van der Waals surface area contributed by atoms with Crippen LogP contribution in [0.4, 0.5) is 0 Å². The summed E-state index contributed by atoms with van der Waals surface area (Å²) < 4.78 is 0. The molecule has 0 spiro atoms. The van der Waals surface area contributed by atoms with Gasteiger partial charge in [-0.2, -0.15) is 0 Å². The Hall–Kier alpha value is -0.970. The van der Waals surface area contributed by atoms with Crippen LogP contribution >= 0.6 is 0 Å². The van der Waals surface area contributed by atoms with Gasteiger partial charge in [-0.3, -0.25) is 4.98 Å². The fourth-order valence-electron chi connectivity index (χ4n) is 2.56. The maximum absolute atomic E-state index is 4.33. The fraction of sp³-hybridized carbons (Fsp3) is 0.667. The van der Waals surface area contributed by atoms with Crippen molar-refractivity contribution in [2.24, 2.45) is 5.41 Å². The number of rotatable bonds is 6. The van der Waals surface area contributed by atoms with Gasteiger partial charge in [-0.05, 0) is 17.5 Å². The Morgan fingerprint density at radius 3 is 2.79 bits per heavy atom. The molecule has 4 nitrogen and oxygen atoms in total. The number of aromatic nitrogens is 1. The highest BCUT2D eigenvalue weighted by Gasteiger charge is 2.22. The summed E-state index contributed by atoms with van der Waals surface area (Å²) in [7, 11) is 0. The van der Waals surface area contributed by atoms with Gasteiger partial charge in [0.15, 0.2) is 0 Å². The Bertz CT molecular complexity index is 358. The van der Waals surface area contributed by atoms with Crippen LogP contribution in [-0.2, 0) is 6.54 Å². The smallest absolute Gasteiger partial charge is 0.0541 e. The Labute approximate surface area is 116 Å². The molecule has 0 bridgehead atoms. The molecule has 0 aromatic carbocycles. The lowest BCUT2D eigenvalue weighted by molar-refractivity contribution is 0.158. The highest BCUT2D eigenvalue weighted by molar-refractivity contribution is 5.03. The normalized spacial score (nSPS) is 17.6. The molecule has 2 heterocycles. The summed E-state index contributed by atoms with van der Waals surface area (Å²) in [5.41, 5.74) is 1.41. The maximum atomic E-state index is 4.33. The molecule has 4 heteroatoms.